The lowest BCUT2D eigenvalue weighted by atomic mass is 10.1. The van der Waals surface area contributed by atoms with Crippen molar-refractivity contribution < 1.29 is 4.79 Å². The van der Waals surface area contributed by atoms with Crippen LogP contribution in [0.3, 0.4) is 0 Å². The van der Waals surface area contributed by atoms with Crippen molar-refractivity contribution in [2.24, 2.45) is 0 Å². The van der Waals surface area contributed by atoms with E-state index in [-0.39, 0.29) is 36.3 Å². The fourth-order valence-electron chi connectivity index (χ4n) is 4.05. The van der Waals surface area contributed by atoms with Gasteiger partial charge >= 0.3 is 0 Å². The van der Waals surface area contributed by atoms with Gasteiger partial charge in [0.15, 0.2) is 5.82 Å². The first-order chi connectivity index (χ1) is 15.5. The number of nitrogens with zero attached hydrogens (tertiary/aromatic N) is 3. The summed E-state index contributed by atoms with van der Waals surface area (Å²) < 4.78 is 1.58. The van der Waals surface area contributed by atoms with Gasteiger partial charge in [-0.1, -0.05) is 36.4 Å². The number of hydrogen-bond donors (Lipinski definition) is 3. The van der Waals surface area contributed by atoms with Crippen LogP contribution >= 0.6 is 24.8 Å². The average Bonchev–Trinajstić information content (AvgIpc) is 3.23. The highest BCUT2D eigenvalue weighted by Gasteiger charge is 2.30. The lowest BCUT2D eigenvalue weighted by Crippen LogP contribution is -2.36. The van der Waals surface area contributed by atoms with Gasteiger partial charge in [0.05, 0.1) is 0 Å². The number of carbonyl (C=O) groups excluding carboxylic acids is 1. The zero-order chi connectivity index (χ0) is 22.5. The highest BCUT2D eigenvalue weighted by molar-refractivity contribution is 5.85. The molecule has 182 valence electrons. The summed E-state index contributed by atoms with van der Waals surface area (Å²) in [5.74, 6) is 0.563. The van der Waals surface area contributed by atoms with Gasteiger partial charge in [-0.25, -0.2) is 9.97 Å². The minimum atomic E-state index is -0.535. The van der Waals surface area contributed by atoms with Gasteiger partial charge in [0, 0.05) is 30.7 Å². The van der Waals surface area contributed by atoms with E-state index in [9.17, 15) is 9.59 Å². The first kappa shape index (κ1) is 27.1. The minimum absolute atomic E-state index is 0. The van der Waals surface area contributed by atoms with Crippen LogP contribution in [0, 0.1) is 6.92 Å². The smallest absolute Gasteiger partial charge is 0.294 e. The number of halogens is 2. The van der Waals surface area contributed by atoms with Gasteiger partial charge in [0.2, 0.25) is 5.91 Å². The van der Waals surface area contributed by atoms with Crippen LogP contribution < -0.4 is 21.9 Å². The molecule has 1 aliphatic rings. The number of benzene rings is 1. The summed E-state index contributed by atoms with van der Waals surface area (Å²) in [6, 6.07) is 13.3. The molecule has 8 nitrogen and oxygen atoms in total. The first-order valence-corrected chi connectivity index (χ1v) is 10.9. The van der Waals surface area contributed by atoms with Crippen LogP contribution in [0.5, 0.6) is 0 Å². The summed E-state index contributed by atoms with van der Waals surface area (Å²) in [7, 11) is 0. The fraction of sp³-hybridized carbons (Fsp3) is 0.333. The van der Waals surface area contributed by atoms with Gasteiger partial charge in [-0.05, 0) is 49.8 Å². The maximum absolute atomic E-state index is 13.0. The number of aryl methyl sites for hydroxylation is 3. The number of fused-ring (bicyclic) bond motifs is 1. The van der Waals surface area contributed by atoms with Crippen LogP contribution in [0.15, 0.2) is 53.5 Å². The predicted octanol–water partition coefficient (Wildman–Crippen LogP) is 3.22. The number of amides is 1. The summed E-state index contributed by atoms with van der Waals surface area (Å²) in [6.07, 6.45) is 4.73. The molecule has 0 fully saturated rings. The van der Waals surface area contributed by atoms with E-state index in [0.29, 0.717) is 37.6 Å². The zero-order valence-corrected chi connectivity index (χ0v) is 20.6. The van der Waals surface area contributed by atoms with Crippen LogP contribution in [-0.4, -0.2) is 27.0 Å². The number of anilines is 2. The second-order valence-electron chi connectivity index (χ2n) is 8.04. The van der Waals surface area contributed by atoms with E-state index >= 15 is 0 Å². The Morgan fingerprint density at radius 1 is 1.18 bits per heavy atom. The van der Waals surface area contributed by atoms with Gasteiger partial charge in [0.1, 0.15) is 11.9 Å². The van der Waals surface area contributed by atoms with E-state index in [2.05, 4.69) is 32.7 Å². The van der Waals surface area contributed by atoms with Crippen LogP contribution in [0.25, 0.3) is 0 Å². The van der Waals surface area contributed by atoms with E-state index in [1.807, 2.05) is 31.2 Å². The molecule has 1 amide bonds. The Labute approximate surface area is 211 Å². The number of pyridine rings is 1. The van der Waals surface area contributed by atoms with Crippen LogP contribution in [-0.2, 0) is 24.2 Å². The van der Waals surface area contributed by atoms with E-state index in [0.717, 1.165) is 29.8 Å². The maximum Gasteiger partial charge on any atom is 0.294 e. The van der Waals surface area contributed by atoms with Crippen LogP contribution in [0.2, 0.25) is 0 Å². The van der Waals surface area contributed by atoms with E-state index in [1.54, 1.807) is 16.8 Å². The summed E-state index contributed by atoms with van der Waals surface area (Å²) in [5.41, 5.74) is 9.17. The summed E-state index contributed by atoms with van der Waals surface area (Å²) in [5, 5.41) is 6.09. The Balaban J connectivity index is 0.00000204. The van der Waals surface area contributed by atoms with E-state index in [4.69, 9.17) is 5.73 Å². The molecule has 0 saturated carbocycles. The third-order valence-corrected chi connectivity index (χ3v) is 5.81. The molecule has 1 aromatic carbocycles. The molecule has 1 aliphatic heterocycles. The molecule has 10 heteroatoms. The lowest BCUT2D eigenvalue weighted by Gasteiger charge is -2.16. The van der Waals surface area contributed by atoms with Crippen LogP contribution in [0.1, 0.15) is 41.4 Å². The molecule has 0 bridgehead atoms. The van der Waals surface area contributed by atoms with E-state index < -0.39 is 6.04 Å². The quantitative estimate of drug-likeness (QED) is 0.405. The largest absolute Gasteiger partial charge is 0.384 e. The van der Waals surface area contributed by atoms with Gasteiger partial charge in [-0.3, -0.25) is 14.2 Å². The monoisotopic (exact) mass is 504 g/mol. The Bertz CT molecular complexity index is 1170. The molecule has 0 unspecified atom stereocenters. The van der Waals surface area contributed by atoms with Gasteiger partial charge in [-0.15, -0.1) is 24.8 Å². The van der Waals surface area contributed by atoms with Crippen molar-refractivity contribution in [1.29, 1.82) is 0 Å². The van der Waals surface area contributed by atoms with Crippen molar-refractivity contribution >= 4 is 42.4 Å². The molecule has 0 radical (unpaired) electrons. The fourth-order valence-corrected chi connectivity index (χ4v) is 4.05. The first-order valence-electron chi connectivity index (χ1n) is 10.9. The van der Waals surface area contributed by atoms with E-state index in [1.165, 1.54) is 5.56 Å². The Morgan fingerprint density at radius 2 is 1.94 bits per heavy atom. The van der Waals surface area contributed by atoms with Gasteiger partial charge in [0.25, 0.3) is 5.56 Å². The summed E-state index contributed by atoms with van der Waals surface area (Å²) in [4.78, 5) is 34.4. The number of nitrogens with one attached hydrogen (secondary N) is 2. The van der Waals surface area contributed by atoms with Crippen molar-refractivity contribution in [3.05, 3.63) is 81.5 Å². The van der Waals surface area contributed by atoms with Crippen molar-refractivity contribution in [2.45, 2.75) is 45.2 Å². The van der Waals surface area contributed by atoms with Crippen molar-refractivity contribution in [3.8, 4) is 0 Å². The minimum Gasteiger partial charge on any atom is -0.384 e. The molecule has 3 heterocycles. The normalized spacial score (nSPS) is 13.9. The number of rotatable bonds is 8. The van der Waals surface area contributed by atoms with Crippen LogP contribution in [0.4, 0.5) is 11.6 Å². The number of nitrogens with two attached hydrogens (primary N) is 1. The second-order valence-corrected chi connectivity index (χ2v) is 8.04. The molecular formula is C24H30Cl2N6O2. The molecule has 3 aromatic rings. The molecular weight excluding hydrogens is 475 g/mol. The standard InChI is InChI=1S/C24H28N6O2.2ClH/c1-16-18(9-12-21(25)29-16)14-28-23(31)20-11-10-19-15-27-22(24(32)30(19)20)26-13-5-8-17-6-3-2-4-7-17;;/h2-4,6-7,9,12,15,20H,5,8,10-11,13-14H2,1H3,(H2,25,29)(H,26,27)(H,28,31);2*1H/t20-;;/m0../s1. The third kappa shape index (κ3) is 6.27. The zero-order valence-electron chi connectivity index (χ0n) is 19.0. The summed E-state index contributed by atoms with van der Waals surface area (Å²) in [6.45, 7) is 2.83. The molecule has 4 N–H and O–H groups in total. The molecule has 34 heavy (non-hydrogen) atoms. The maximum atomic E-state index is 13.0. The number of aromatic nitrogens is 3. The summed E-state index contributed by atoms with van der Waals surface area (Å²) >= 11 is 0. The highest BCUT2D eigenvalue weighted by atomic mass is 35.5. The predicted molar refractivity (Wildman–Crippen MR) is 139 cm³/mol. The highest BCUT2D eigenvalue weighted by Crippen LogP contribution is 2.24. The average molecular weight is 505 g/mol. The van der Waals surface area contributed by atoms with Gasteiger partial charge in [-0.2, -0.15) is 0 Å². The molecule has 0 aliphatic carbocycles. The number of carbonyl (C=O) groups is 1. The molecule has 1 atom stereocenters. The Kier molecular flexibility index (Phi) is 9.89. The second kappa shape index (κ2) is 12.4. The Morgan fingerprint density at radius 3 is 2.68 bits per heavy atom. The SMILES string of the molecule is Cc1nc(N)ccc1CNC(=O)[C@@H]1CCc2cnc(NCCCc3ccccc3)c(=O)n21.Cl.Cl. The van der Waals surface area contributed by atoms with Crippen molar-refractivity contribution in [3.63, 3.8) is 0 Å². The molecule has 4 rings (SSSR count). The van der Waals surface area contributed by atoms with Crippen molar-refractivity contribution in [1.82, 2.24) is 19.9 Å². The third-order valence-electron chi connectivity index (χ3n) is 5.81. The number of nitrogen functional groups attached to an aromatic ring is 1. The molecule has 0 spiro atoms. The van der Waals surface area contributed by atoms with Gasteiger partial charge < -0.3 is 16.4 Å². The number of hydrogen-bond acceptors (Lipinski definition) is 6. The van der Waals surface area contributed by atoms with Crippen molar-refractivity contribution in [2.75, 3.05) is 17.6 Å². The lowest BCUT2D eigenvalue weighted by molar-refractivity contribution is -0.124. The molecule has 2 aromatic heterocycles. The Hall–Kier alpha value is -3.10. The molecule has 0 saturated heterocycles. The topological polar surface area (TPSA) is 115 Å².